The number of aromatic nitrogens is 1. The number of hydrogen-bond acceptors (Lipinski definition) is 6. The summed E-state index contributed by atoms with van der Waals surface area (Å²) in [6, 6.07) is 10.6. The number of amides is 2. The average molecular weight is 413 g/mol. The summed E-state index contributed by atoms with van der Waals surface area (Å²) in [5, 5.41) is 7.12. The Hall–Kier alpha value is -3.42. The van der Waals surface area contributed by atoms with Crippen molar-refractivity contribution in [1.29, 1.82) is 0 Å². The normalized spacial score (nSPS) is 11.2. The average Bonchev–Trinajstić information content (AvgIpc) is 3.37. The van der Waals surface area contributed by atoms with E-state index in [1.54, 1.807) is 43.6 Å². The van der Waals surface area contributed by atoms with Crippen LogP contribution in [-0.2, 0) is 13.1 Å². The molecule has 2 heterocycles. The Morgan fingerprint density at radius 3 is 2.57 bits per heavy atom. The zero-order valence-corrected chi connectivity index (χ0v) is 17.9. The number of urea groups is 1. The van der Waals surface area contributed by atoms with Gasteiger partial charge in [0.2, 0.25) is 0 Å². The molecule has 0 aliphatic rings. The second kappa shape index (κ2) is 8.94. The summed E-state index contributed by atoms with van der Waals surface area (Å²) < 4.78 is 21.7. The van der Waals surface area contributed by atoms with Gasteiger partial charge in [0.25, 0.3) is 0 Å². The molecule has 8 nitrogen and oxygen atoms in total. The lowest BCUT2D eigenvalue weighted by atomic mass is 10.1. The van der Waals surface area contributed by atoms with Crippen molar-refractivity contribution in [1.82, 2.24) is 15.4 Å². The van der Waals surface area contributed by atoms with Gasteiger partial charge in [0.1, 0.15) is 23.0 Å². The van der Waals surface area contributed by atoms with Gasteiger partial charge in [-0.25, -0.2) is 4.79 Å². The maximum absolute atomic E-state index is 12.8. The van der Waals surface area contributed by atoms with Gasteiger partial charge in [0.05, 0.1) is 39.1 Å². The maximum atomic E-state index is 12.8. The van der Waals surface area contributed by atoms with Crippen molar-refractivity contribution in [2.24, 2.45) is 0 Å². The molecule has 0 bridgehead atoms. The molecule has 0 saturated heterocycles. The highest BCUT2D eigenvalue weighted by molar-refractivity contribution is 5.75. The van der Waals surface area contributed by atoms with Crippen LogP contribution >= 0.6 is 0 Å². The van der Waals surface area contributed by atoms with Gasteiger partial charge in [0.15, 0.2) is 5.76 Å². The van der Waals surface area contributed by atoms with E-state index in [4.69, 9.17) is 18.4 Å². The molecule has 1 N–H and O–H groups in total. The molecule has 0 fully saturated rings. The smallest absolute Gasteiger partial charge is 0.318 e. The molecule has 160 valence electrons. The first-order valence-electron chi connectivity index (χ1n) is 9.56. The molecule has 8 heteroatoms. The molecular formula is C22H27N3O5. The first-order valence-corrected chi connectivity index (χ1v) is 9.56. The lowest BCUT2D eigenvalue weighted by Gasteiger charge is -2.27. The standard InChI is InChI=1S/C22H27N3O5/c1-22(2,3)23-21(26)25(14-17-7-6-10-29-17)13-15-11-20(30-24-15)18-12-16(27-4)8-9-19(18)28-5/h6-12H,13-14H2,1-5H3,(H,23,26). The van der Waals surface area contributed by atoms with E-state index in [1.807, 2.05) is 39.0 Å². The van der Waals surface area contributed by atoms with Crippen molar-refractivity contribution in [2.75, 3.05) is 14.2 Å². The summed E-state index contributed by atoms with van der Waals surface area (Å²) in [5.74, 6) is 2.51. The largest absolute Gasteiger partial charge is 0.497 e. The second-order valence-corrected chi connectivity index (χ2v) is 7.86. The van der Waals surface area contributed by atoms with Crippen LogP contribution in [0.4, 0.5) is 4.79 Å². The predicted molar refractivity (Wildman–Crippen MR) is 111 cm³/mol. The van der Waals surface area contributed by atoms with Crippen LogP contribution in [0.3, 0.4) is 0 Å². The van der Waals surface area contributed by atoms with Crippen LogP contribution in [-0.4, -0.2) is 35.8 Å². The number of ether oxygens (including phenoxy) is 2. The molecule has 0 aliphatic heterocycles. The third-order valence-electron chi connectivity index (χ3n) is 4.28. The minimum atomic E-state index is -0.374. The highest BCUT2D eigenvalue weighted by atomic mass is 16.5. The number of carbonyl (C=O) groups is 1. The number of benzene rings is 1. The van der Waals surface area contributed by atoms with Gasteiger partial charge < -0.3 is 28.6 Å². The van der Waals surface area contributed by atoms with Crippen molar-refractivity contribution in [3.8, 4) is 22.8 Å². The summed E-state index contributed by atoms with van der Waals surface area (Å²) in [6.07, 6.45) is 1.58. The monoisotopic (exact) mass is 413 g/mol. The molecule has 0 spiro atoms. The van der Waals surface area contributed by atoms with Gasteiger partial charge in [-0.1, -0.05) is 5.16 Å². The van der Waals surface area contributed by atoms with Crippen molar-refractivity contribution in [3.63, 3.8) is 0 Å². The first kappa shape index (κ1) is 21.3. The van der Waals surface area contributed by atoms with Gasteiger partial charge in [-0.15, -0.1) is 0 Å². The summed E-state index contributed by atoms with van der Waals surface area (Å²) >= 11 is 0. The SMILES string of the molecule is COc1ccc(OC)c(-c2cc(CN(Cc3ccco3)C(=O)NC(C)(C)C)no2)c1. The van der Waals surface area contributed by atoms with Crippen molar-refractivity contribution in [2.45, 2.75) is 39.4 Å². The van der Waals surface area contributed by atoms with Gasteiger partial charge >= 0.3 is 6.03 Å². The number of furan rings is 1. The van der Waals surface area contributed by atoms with E-state index in [1.165, 1.54) is 0 Å². The Bertz CT molecular complexity index is 973. The van der Waals surface area contributed by atoms with Crippen LogP contribution in [0.15, 0.2) is 51.6 Å². The highest BCUT2D eigenvalue weighted by Crippen LogP contribution is 2.34. The van der Waals surface area contributed by atoms with Crippen LogP contribution in [0.25, 0.3) is 11.3 Å². The van der Waals surface area contributed by atoms with Gasteiger partial charge in [-0.3, -0.25) is 0 Å². The molecule has 1 aromatic carbocycles. The van der Waals surface area contributed by atoms with E-state index in [0.29, 0.717) is 40.8 Å². The fraction of sp³-hybridized carbons (Fsp3) is 0.364. The number of nitrogens with one attached hydrogen (secondary N) is 1. The fourth-order valence-electron chi connectivity index (χ4n) is 2.91. The maximum Gasteiger partial charge on any atom is 0.318 e. The van der Waals surface area contributed by atoms with E-state index >= 15 is 0 Å². The molecule has 30 heavy (non-hydrogen) atoms. The van der Waals surface area contributed by atoms with E-state index in [2.05, 4.69) is 10.5 Å². The number of methoxy groups -OCH3 is 2. The summed E-state index contributed by atoms with van der Waals surface area (Å²) in [5.41, 5.74) is 0.944. The van der Waals surface area contributed by atoms with Crippen molar-refractivity contribution >= 4 is 6.03 Å². The molecule has 3 rings (SSSR count). The number of rotatable bonds is 7. The van der Waals surface area contributed by atoms with Gasteiger partial charge in [0, 0.05) is 11.6 Å². The van der Waals surface area contributed by atoms with Crippen LogP contribution in [0.5, 0.6) is 11.5 Å². The Morgan fingerprint density at radius 2 is 1.93 bits per heavy atom. The van der Waals surface area contributed by atoms with Gasteiger partial charge in [-0.2, -0.15) is 0 Å². The number of nitrogens with zero attached hydrogens (tertiary/aromatic N) is 2. The minimum absolute atomic E-state index is 0.220. The molecule has 3 aromatic rings. The van der Waals surface area contributed by atoms with Crippen LogP contribution < -0.4 is 14.8 Å². The summed E-state index contributed by atoms with van der Waals surface area (Å²) in [6.45, 7) is 6.34. The minimum Gasteiger partial charge on any atom is -0.497 e. The molecular weight excluding hydrogens is 386 g/mol. The molecule has 0 aliphatic carbocycles. The van der Waals surface area contributed by atoms with Crippen molar-refractivity contribution < 1.29 is 23.2 Å². The summed E-state index contributed by atoms with van der Waals surface area (Å²) in [7, 11) is 3.18. The second-order valence-electron chi connectivity index (χ2n) is 7.86. The molecule has 0 saturated carbocycles. The van der Waals surface area contributed by atoms with Crippen LogP contribution in [0.2, 0.25) is 0 Å². The predicted octanol–water partition coefficient (Wildman–Crippen LogP) is 4.46. The third kappa shape index (κ3) is 5.34. The zero-order valence-electron chi connectivity index (χ0n) is 17.9. The van der Waals surface area contributed by atoms with Crippen LogP contribution in [0.1, 0.15) is 32.2 Å². The zero-order chi connectivity index (χ0) is 21.7. The van der Waals surface area contributed by atoms with E-state index < -0.39 is 0 Å². The molecule has 0 unspecified atom stereocenters. The molecule has 0 radical (unpaired) electrons. The van der Waals surface area contributed by atoms with Crippen LogP contribution in [0, 0.1) is 0 Å². The Balaban J connectivity index is 1.84. The Kier molecular flexibility index (Phi) is 6.34. The third-order valence-corrected chi connectivity index (χ3v) is 4.28. The highest BCUT2D eigenvalue weighted by Gasteiger charge is 2.23. The Morgan fingerprint density at radius 1 is 1.13 bits per heavy atom. The van der Waals surface area contributed by atoms with Crippen molar-refractivity contribution in [3.05, 3.63) is 54.1 Å². The number of hydrogen-bond donors (Lipinski definition) is 1. The number of carbonyl (C=O) groups excluding carboxylic acids is 1. The van der Waals surface area contributed by atoms with E-state index in [9.17, 15) is 4.79 Å². The van der Waals surface area contributed by atoms with E-state index in [0.717, 1.165) is 0 Å². The van der Waals surface area contributed by atoms with E-state index in [-0.39, 0.29) is 18.1 Å². The molecule has 0 atom stereocenters. The molecule has 2 amide bonds. The lowest BCUT2D eigenvalue weighted by Crippen LogP contribution is -2.47. The molecule has 2 aromatic heterocycles. The first-order chi connectivity index (χ1) is 14.3. The van der Waals surface area contributed by atoms with Gasteiger partial charge in [-0.05, 0) is 51.1 Å². The quantitative estimate of drug-likeness (QED) is 0.615. The summed E-state index contributed by atoms with van der Waals surface area (Å²) in [4.78, 5) is 14.4. The fourth-order valence-corrected chi connectivity index (χ4v) is 2.91. The topological polar surface area (TPSA) is 90.0 Å². The lowest BCUT2D eigenvalue weighted by molar-refractivity contribution is 0.177. The Labute approximate surface area is 175 Å².